The third-order valence-electron chi connectivity index (χ3n) is 3.86. The van der Waals surface area contributed by atoms with Gasteiger partial charge in [0.05, 0.1) is 6.54 Å². The smallest absolute Gasteiger partial charge is 0.412 e. The minimum absolute atomic E-state index is 0.269. The predicted octanol–water partition coefficient (Wildman–Crippen LogP) is 4.53. The Morgan fingerprint density at radius 3 is 2.41 bits per heavy atom. The lowest BCUT2D eigenvalue weighted by Gasteiger charge is -2.19. The Labute approximate surface area is 169 Å². The molecule has 29 heavy (non-hydrogen) atoms. The van der Waals surface area contributed by atoms with E-state index in [1.54, 1.807) is 51.2 Å². The average Bonchev–Trinajstić information content (AvgIpc) is 3.13. The number of carbonyl (C=O) groups is 2. The molecule has 0 atom stereocenters. The van der Waals surface area contributed by atoms with Gasteiger partial charge in [0.15, 0.2) is 0 Å². The van der Waals surface area contributed by atoms with Crippen molar-refractivity contribution in [3.05, 3.63) is 78.1 Å². The van der Waals surface area contributed by atoms with Crippen LogP contribution < -0.4 is 10.6 Å². The third-order valence-corrected chi connectivity index (χ3v) is 3.86. The summed E-state index contributed by atoms with van der Waals surface area (Å²) in [6, 6.07) is 16.1. The molecule has 0 aliphatic rings. The van der Waals surface area contributed by atoms with Gasteiger partial charge in [-0.15, -0.1) is 0 Å². The van der Waals surface area contributed by atoms with Crippen LogP contribution in [0.1, 0.15) is 36.7 Å². The number of carbonyl (C=O) groups excluding carboxylic acids is 2. The van der Waals surface area contributed by atoms with Gasteiger partial charge in [-0.25, -0.2) is 4.79 Å². The van der Waals surface area contributed by atoms with Gasteiger partial charge < -0.3 is 10.1 Å². The molecular formula is C22H24N4O3. The van der Waals surface area contributed by atoms with Crippen LogP contribution in [0.15, 0.2) is 67.0 Å². The molecule has 0 aliphatic heterocycles. The van der Waals surface area contributed by atoms with Crippen molar-refractivity contribution in [1.82, 2.24) is 9.78 Å². The van der Waals surface area contributed by atoms with Crippen molar-refractivity contribution in [2.24, 2.45) is 0 Å². The second kappa shape index (κ2) is 8.60. The Morgan fingerprint density at radius 2 is 1.72 bits per heavy atom. The summed E-state index contributed by atoms with van der Waals surface area (Å²) in [5.41, 5.74) is 2.02. The summed E-state index contributed by atoms with van der Waals surface area (Å²) >= 11 is 0. The van der Waals surface area contributed by atoms with Crippen LogP contribution in [0.4, 0.5) is 16.2 Å². The highest BCUT2D eigenvalue weighted by molar-refractivity contribution is 6.05. The SMILES string of the molecule is CC(C)(C)OC(=O)Nc1cccc(C(=O)Nc2cccc(Cn3cccn3)c2)c1. The van der Waals surface area contributed by atoms with Gasteiger partial charge in [0.2, 0.25) is 0 Å². The first kappa shape index (κ1) is 20.1. The van der Waals surface area contributed by atoms with E-state index in [-0.39, 0.29) is 5.91 Å². The zero-order valence-electron chi connectivity index (χ0n) is 16.7. The fourth-order valence-corrected chi connectivity index (χ4v) is 2.69. The van der Waals surface area contributed by atoms with E-state index in [2.05, 4.69) is 15.7 Å². The molecular weight excluding hydrogens is 368 g/mol. The standard InChI is InChI=1S/C22H24N4O3/c1-22(2,3)29-21(28)25-19-10-5-8-17(14-19)20(27)24-18-9-4-7-16(13-18)15-26-12-6-11-23-26/h4-14H,15H2,1-3H3,(H,24,27)(H,25,28). The maximum Gasteiger partial charge on any atom is 0.412 e. The molecule has 2 aromatic carbocycles. The van der Waals surface area contributed by atoms with E-state index in [1.165, 1.54) is 0 Å². The predicted molar refractivity (Wildman–Crippen MR) is 112 cm³/mol. The molecule has 1 aromatic heterocycles. The van der Waals surface area contributed by atoms with Crippen molar-refractivity contribution in [1.29, 1.82) is 0 Å². The number of hydrogen-bond acceptors (Lipinski definition) is 4. The van der Waals surface area contributed by atoms with Crippen LogP contribution in [0.25, 0.3) is 0 Å². The second-order valence-electron chi connectivity index (χ2n) is 7.57. The van der Waals surface area contributed by atoms with E-state index in [9.17, 15) is 9.59 Å². The van der Waals surface area contributed by atoms with Crippen molar-refractivity contribution >= 4 is 23.4 Å². The number of nitrogens with zero attached hydrogens (tertiary/aromatic N) is 2. The number of aromatic nitrogens is 2. The Hall–Kier alpha value is -3.61. The lowest BCUT2D eigenvalue weighted by molar-refractivity contribution is 0.0635. The van der Waals surface area contributed by atoms with Crippen molar-refractivity contribution in [2.45, 2.75) is 32.9 Å². The molecule has 3 aromatic rings. The van der Waals surface area contributed by atoms with Crippen molar-refractivity contribution in [2.75, 3.05) is 10.6 Å². The summed E-state index contributed by atoms with van der Waals surface area (Å²) in [5.74, 6) is -0.269. The number of nitrogens with one attached hydrogen (secondary N) is 2. The van der Waals surface area contributed by atoms with Crippen LogP contribution in [0.3, 0.4) is 0 Å². The van der Waals surface area contributed by atoms with E-state index < -0.39 is 11.7 Å². The molecule has 0 bridgehead atoms. The highest BCUT2D eigenvalue weighted by atomic mass is 16.6. The van der Waals surface area contributed by atoms with Gasteiger partial charge in [0.1, 0.15) is 5.60 Å². The third kappa shape index (κ3) is 6.21. The van der Waals surface area contributed by atoms with Crippen LogP contribution >= 0.6 is 0 Å². The average molecular weight is 392 g/mol. The van der Waals surface area contributed by atoms with Gasteiger partial charge in [0, 0.05) is 29.3 Å². The topological polar surface area (TPSA) is 85.2 Å². The molecule has 0 radical (unpaired) electrons. The maximum atomic E-state index is 12.6. The molecule has 0 saturated carbocycles. The monoisotopic (exact) mass is 392 g/mol. The molecule has 7 heteroatoms. The van der Waals surface area contributed by atoms with Crippen LogP contribution in [-0.2, 0) is 11.3 Å². The molecule has 1 heterocycles. The lowest BCUT2D eigenvalue weighted by Crippen LogP contribution is -2.27. The molecule has 0 unspecified atom stereocenters. The van der Waals surface area contributed by atoms with E-state index in [4.69, 9.17) is 4.74 Å². The lowest BCUT2D eigenvalue weighted by atomic mass is 10.1. The molecule has 3 rings (SSSR count). The first-order valence-corrected chi connectivity index (χ1v) is 9.26. The van der Waals surface area contributed by atoms with Gasteiger partial charge in [-0.2, -0.15) is 5.10 Å². The number of hydrogen-bond donors (Lipinski definition) is 2. The van der Waals surface area contributed by atoms with Crippen molar-refractivity contribution in [3.63, 3.8) is 0 Å². The molecule has 150 valence electrons. The molecule has 0 fully saturated rings. The first-order valence-electron chi connectivity index (χ1n) is 9.26. The number of rotatable bonds is 5. The summed E-state index contributed by atoms with van der Waals surface area (Å²) in [5, 5.41) is 9.71. The zero-order chi connectivity index (χ0) is 20.9. The van der Waals surface area contributed by atoms with Crippen LogP contribution in [-0.4, -0.2) is 27.4 Å². The number of benzene rings is 2. The Balaban J connectivity index is 1.66. The number of anilines is 2. The highest BCUT2D eigenvalue weighted by Gasteiger charge is 2.16. The van der Waals surface area contributed by atoms with E-state index in [0.29, 0.717) is 23.5 Å². The van der Waals surface area contributed by atoms with Crippen molar-refractivity contribution < 1.29 is 14.3 Å². The van der Waals surface area contributed by atoms with Gasteiger partial charge in [-0.3, -0.25) is 14.8 Å². The molecule has 2 amide bonds. The summed E-state index contributed by atoms with van der Waals surface area (Å²) in [6.45, 7) is 5.98. The Bertz CT molecular complexity index is 991. The Morgan fingerprint density at radius 1 is 1.00 bits per heavy atom. The maximum absolute atomic E-state index is 12.6. The minimum atomic E-state index is -0.597. The molecule has 0 saturated heterocycles. The van der Waals surface area contributed by atoms with Crippen molar-refractivity contribution in [3.8, 4) is 0 Å². The molecule has 0 spiro atoms. The zero-order valence-corrected chi connectivity index (χ0v) is 16.7. The van der Waals surface area contributed by atoms with Gasteiger partial charge in [-0.1, -0.05) is 18.2 Å². The van der Waals surface area contributed by atoms with E-state index in [0.717, 1.165) is 5.56 Å². The van der Waals surface area contributed by atoms with E-state index in [1.807, 2.05) is 41.2 Å². The van der Waals surface area contributed by atoms with Crippen LogP contribution in [0.2, 0.25) is 0 Å². The van der Waals surface area contributed by atoms with Gasteiger partial charge in [-0.05, 0) is 62.7 Å². The van der Waals surface area contributed by atoms with E-state index >= 15 is 0 Å². The first-order chi connectivity index (χ1) is 13.8. The van der Waals surface area contributed by atoms with Gasteiger partial charge >= 0.3 is 6.09 Å². The minimum Gasteiger partial charge on any atom is -0.444 e. The van der Waals surface area contributed by atoms with Crippen LogP contribution in [0, 0.1) is 0 Å². The van der Waals surface area contributed by atoms with Crippen LogP contribution in [0.5, 0.6) is 0 Å². The summed E-state index contributed by atoms with van der Waals surface area (Å²) in [6.07, 6.45) is 3.04. The fourth-order valence-electron chi connectivity index (χ4n) is 2.69. The Kier molecular flexibility index (Phi) is 5.97. The number of amides is 2. The second-order valence-corrected chi connectivity index (χ2v) is 7.57. The fraction of sp³-hybridized carbons (Fsp3) is 0.227. The summed E-state index contributed by atoms with van der Waals surface area (Å²) < 4.78 is 7.05. The molecule has 2 N–H and O–H groups in total. The quantitative estimate of drug-likeness (QED) is 0.668. The summed E-state index contributed by atoms with van der Waals surface area (Å²) in [7, 11) is 0. The summed E-state index contributed by atoms with van der Waals surface area (Å²) in [4.78, 5) is 24.6. The van der Waals surface area contributed by atoms with Gasteiger partial charge in [0.25, 0.3) is 5.91 Å². The normalized spacial score (nSPS) is 11.0. The molecule has 7 nitrogen and oxygen atoms in total. The number of ether oxygens (including phenoxy) is 1. The molecule has 0 aliphatic carbocycles. The largest absolute Gasteiger partial charge is 0.444 e. The highest BCUT2D eigenvalue weighted by Crippen LogP contribution is 2.17.